The quantitative estimate of drug-likeness (QED) is 0.789. The molecule has 3 heterocycles. The van der Waals surface area contributed by atoms with Gasteiger partial charge in [-0.1, -0.05) is 29.8 Å². The first-order valence-corrected chi connectivity index (χ1v) is 8.39. The molecule has 5 heteroatoms. The van der Waals surface area contributed by atoms with Crippen LogP contribution in [0.4, 0.5) is 0 Å². The van der Waals surface area contributed by atoms with Crippen LogP contribution in [0.15, 0.2) is 59.1 Å². The Morgan fingerprint density at radius 3 is 2.68 bits per heavy atom. The minimum atomic E-state index is -1.03. The number of hydrogen-bond donors (Lipinski definition) is 1. The summed E-state index contributed by atoms with van der Waals surface area (Å²) < 4.78 is 7.76. The second-order valence-electron chi connectivity index (χ2n) is 6.48. The fourth-order valence-corrected chi connectivity index (χ4v) is 3.51. The van der Waals surface area contributed by atoms with Crippen LogP contribution in [0.1, 0.15) is 39.2 Å². The van der Waals surface area contributed by atoms with E-state index in [1.807, 2.05) is 0 Å². The fourth-order valence-electron chi connectivity index (χ4n) is 3.51. The van der Waals surface area contributed by atoms with E-state index in [0.29, 0.717) is 12.3 Å². The molecular weight excluding hydrogens is 316 g/mol. The topological polar surface area (TPSA) is 58.6 Å². The van der Waals surface area contributed by atoms with Crippen molar-refractivity contribution in [1.82, 2.24) is 9.47 Å². The van der Waals surface area contributed by atoms with Gasteiger partial charge in [-0.05, 0) is 36.8 Å². The maximum absolute atomic E-state index is 11.0. The van der Waals surface area contributed by atoms with E-state index in [1.54, 1.807) is 6.07 Å². The second kappa shape index (κ2) is 6.26. The monoisotopic (exact) mass is 336 g/mol. The first kappa shape index (κ1) is 15.7. The lowest BCUT2D eigenvalue weighted by atomic mass is 9.99. The number of aryl methyl sites for hydroxylation is 1. The second-order valence-corrected chi connectivity index (χ2v) is 6.48. The highest BCUT2D eigenvalue weighted by atomic mass is 16.4. The lowest BCUT2D eigenvalue weighted by Gasteiger charge is -2.36. The zero-order chi connectivity index (χ0) is 17.4. The third-order valence-corrected chi connectivity index (χ3v) is 4.76. The van der Waals surface area contributed by atoms with Crippen molar-refractivity contribution in [3.05, 3.63) is 83.1 Å². The van der Waals surface area contributed by atoms with Crippen LogP contribution in [-0.4, -0.2) is 27.1 Å². The molecule has 0 saturated carbocycles. The Balaban J connectivity index is 1.67. The molecule has 1 aliphatic rings. The Hall–Kier alpha value is -2.79. The Kier molecular flexibility index (Phi) is 3.93. The summed E-state index contributed by atoms with van der Waals surface area (Å²) in [5.41, 5.74) is 3.72. The van der Waals surface area contributed by atoms with Crippen LogP contribution in [0.2, 0.25) is 0 Å². The van der Waals surface area contributed by atoms with Crippen molar-refractivity contribution < 1.29 is 14.3 Å². The van der Waals surface area contributed by atoms with Crippen molar-refractivity contribution in [3.63, 3.8) is 0 Å². The van der Waals surface area contributed by atoms with Crippen molar-refractivity contribution in [2.75, 3.05) is 6.54 Å². The number of nitrogens with zero attached hydrogens (tertiary/aromatic N) is 2. The molecule has 0 spiro atoms. The highest BCUT2D eigenvalue weighted by Gasteiger charge is 2.29. The number of rotatable bonds is 4. The molecule has 0 radical (unpaired) electrons. The molecule has 1 unspecified atom stereocenters. The summed E-state index contributed by atoms with van der Waals surface area (Å²) in [7, 11) is 0. The van der Waals surface area contributed by atoms with Gasteiger partial charge in [-0.15, -0.1) is 0 Å². The van der Waals surface area contributed by atoms with Gasteiger partial charge in [0, 0.05) is 25.0 Å². The maximum Gasteiger partial charge on any atom is 0.371 e. The lowest BCUT2D eigenvalue weighted by molar-refractivity contribution is 0.0656. The molecule has 0 aliphatic carbocycles. The molecule has 1 atom stereocenters. The SMILES string of the molecule is Cc1ccc(C2c3cccn3CCN2Cc2ccc(C(=O)O)o2)cc1. The van der Waals surface area contributed by atoms with E-state index in [9.17, 15) is 4.79 Å². The predicted octanol–water partition coefficient (Wildman–Crippen LogP) is 3.69. The van der Waals surface area contributed by atoms with Gasteiger partial charge in [-0.2, -0.15) is 0 Å². The molecule has 128 valence electrons. The van der Waals surface area contributed by atoms with Crippen LogP contribution >= 0.6 is 0 Å². The predicted molar refractivity (Wildman–Crippen MR) is 93.5 cm³/mol. The van der Waals surface area contributed by atoms with Crippen LogP contribution in [0.5, 0.6) is 0 Å². The largest absolute Gasteiger partial charge is 0.475 e. The van der Waals surface area contributed by atoms with Crippen LogP contribution in [0.3, 0.4) is 0 Å². The van der Waals surface area contributed by atoms with E-state index >= 15 is 0 Å². The molecular formula is C20H20N2O3. The smallest absolute Gasteiger partial charge is 0.371 e. The molecule has 3 aromatic rings. The molecule has 2 aromatic heterocycles. The van der Waals surface area contributed by atoms with E-state index in [1.165, 1.54) is 22.9 Å². The zero-order valence-electron chi connectivity index (χ0n) is 14.1. The molecule has 0 bridgehead atoms. The number of aromatic nitrogens is 1. The number of aromatic carboxylic acids is 1. The molecule has 1 N–H and O–H groups in total. The average molecular weight is 336 g/mol. The molecule has 4 rings (SSSR count). The molecule has 5 nitrogen and oxygen atoms in total. The molecule has 0 amide bonds. The Bertz CT molecular complexity index is 892. The van der Waals surface area contributed by atoms with E-state index in [4.69, 9.17) is 9.52 Å². The van der Waals surface area contributed by atoms with E-state index in [0.717, 1.165) is 13.1 Å². The van der Waals surface area contributed by atoms with Gasteiger partial charge in [0.1, 0.15) is 5.76 Å². The maximum atomic E-state index is 11.0. The summed E-state index contributed by atoms with van der Waals surface area (Å²) in [4.78, 5) is 13.4. The highest BCUT2D eigenvalue weighted by Crippen LogP contribution is 2.33. The van der Waals surface area contributed by atoms with Crippen molar-refractivity contribution in [2.45, 2.75) is 26.1 Å². The summed E-state index contributed by atoms with van der Waals surface area (Å²) in [6.45, 7) is 4.46. The highest BCUT2D eigenvalue weighted by molar-refractivity contribution is 5.84. The summed E-state index contributed by atoms with van der Waals surface area (Å²) in [6, 6.07) is 16.2. The standard InChI is InChI=1S/C20H20N2O3/c1-14-4-6-15(7-5-14)19-17-3-2-10-21(17)11-12-22(19)13-16-8-9-18(25-16)20(23)24/h2-10,19H,11-13H2,1H3,(H,23,24). The summed E-state index contributed by atoms with van der Waals surface area (Å²) >= 11 is 0. The van der Waals surface area contributed by atoms with Gasteiger partial charge >= 0.3 is 5.97 Å². The van der Waals surface area contributed by atoms with E-state index in [2.05, 4.69) is 59.0 Å². The summed E-state index contributed by atoms with van der Waals surface area (Å²) in [5.74, 6) is -0.370. The minimum absolute atomic E-state index is 0.0118. The number of carboxylic acids is 1. The van der Waals surface area contributed by atoms with Crippen molar-refractivity contribution in [2.24, 2.45) is 0 Å². The van der Waals surface area contributed by atoms with Gasteiger partial charge in [0.05, 0.1) is 12.6 Å². The van der Waals surface area contributed by atoms with Gasteiger partial charge in [0.2, 0.25) is 5.76 Å². The van der Waals surface area contributed by atoms with Crippen LogP contribution < -0.4 is 0 Å². The number of carbonyl (C=O) groups is 1. The van der Waals surface area contributed by atoms with Crippen LogP contribution in [0, 0.1) is 6.92 Å². The number of benzene rings is 1. The lowest BCUT2D eigenvalue weighted by Crippen LogP contribution is -2.37. The average Bonchev–Trinajstić information content (AvgIpc) is 3.25. The number of carboxylic acid groups (broad SMARTS) is 1. The van der Waals surface area contributed by atoms with Crippen LogP contribution in [0.25, 0.3) is 0 Å². The number of furan rings is 1. The third kappa shape index (κ3) is 2.98. The van der Waals surface area contributed by atoms with Gasteiger partial charge < -0.3 is 14.1 Å². The normalized spacial score (nSPS) is 17.4. The van der Waals surface area contributed by atoms with Crippen molar-refractivity contribution >= 4 is 5.97 Å². The van der Waals surface area contributed by atoms with Crippen molar-refractivity contribution in [1.29, 1.82) is 0 Å². The number of fused-ring (bicyclic) bond motifs is 1. The molecule has 1 aromatic carbocycles. The summed E-state index contributed by atoms with van der Waals surface area (Å²) in [6.07, 6.45) is 2.11. The molecule has 0 fully saturated rings. The minimum Gasteiger partial charge on any atom is -0.475 e. The van der Waals surface area contributed by atoms with Gasteiger partial charge in [0.15, 0.2) is 0 Å². The van der Waals surface area contributed by atoms with Gasteiger partial charge in [-0.3, -0.25) is 4.90 Å². The Morgan fingerprint density at radius 1 is 1.16 bits per heavy atom. The number of hydrogen-bond acceptors (Lipinski definition) is 3. The van der Waals surface area contributed by atoms with Crippen LogP contribution in [-0.2, 0) is 13.1 Å². The molecule has 0 saturated heterocycles. The van der Waals surface area contributed by atoms with E-state index < -0.39 is 5.97 Å². The Labute approximate surface area is 146 Å². The Morgan fingerprint density at radius 2 is 1.96 bits per heavy atom. The first-order valence-electron chi connectivity index (χ1n) is 8.39. The fraction of sp³-hybridized carbons (Fsp3) is 0.250. The third-order valence-electron chi connectivity index (χ3n) is 4.76. The van der Waals surface area contributed by atoms with Gasteiger partial charge in [0.25, 0.3) is 0 Å². The summed E-state index contributed by atoms with van der Waals surface area (Å²) in [5, 5.41) is 9.05. The van der Waals surface area contributed by atoms with Crippen molar-refractivity contribution in [3.8, 4) is 0 Å². The van der Waals surface area contributed by atoms with E-state index in [-0.39, 0.29) is 11.8 Å². The molecule has 25 heavy (non-hydrogen) atoms. The molecule has 1 aliphatic heterocycles. The van der Waals surface area contributed by atoms with Gasteiger partial charge in [-0.25, -0.2) is 4.79 Å². The zero-order valence-corrected chi connectivity index (χ0v) is 14.1. The first-order chi connectivity index (χ1) is 12.1.